The number of imide groups is 1. The minimum atomic E-state index is -1.01. The van der Waals surface area contributed by atoms with Gasteiger partial charge in [0.25, 0.3) is 5.91 Å². The van der Waals surface area contributed by atoms with Crippen molar-refractivity contribution in [3.05, 3.63) is 57.5 Å². The molecule has 0 saturated heterocycles. The fraction of sp³-hybridized carbons (Fsp3) is 0.188. The van der Waals surface area contributed by atoms with E-state index in [1.807, 2.05) is 5.32 Å². The number of carbonyl (C=O) groups is 2. The van der Waals surface area contributed by atoms with E-state index in [-0.39, 0.29) is 15.6 Å². The van der Waals surface area contributed by atoms with E-state index in [1.54, 1.807) is 18.4 Å². The first-order valence-corrected chi connectivity index (χ1v) is 7.92. The monoisotopic (exact) mass is 366 g/mol. The van der Waals surface area contributed by atoms with Crippen LogP contribution in [0.5, 0.6) is 0 Å². The molecule has 1 aliphatic rings. The lowest BCUT2D eigenvalue weighted by Gasteiger charge is -2.11. The zero-order valence-corrected chi connectivity index (χ0v) is 13.9. The number of nitrogens with one attached hydrogen (secondary N) is 1. The minimum Gasteiger partial charge on any atom is -0.469 e. The topological polar surface area (TPSA) is 80.9 Å². The number of carbonyl (C=O) groups excluding carboxylic acids is 2. The summed E-state index contributed by atoms with van der Waals surface area (Å²) in [7, 11) is 0. The maximum absolute atomic E-state index is 12.1. The third kappa shape index (κ3) is 3.44. The van der Waals surface area contributed by atoms with Crippen LogP contribution in [0.25, 0.3) is 0 Å². The Morgan fingerprint density at radius 3 is 2.67 bits per heavy atom. The number of fused-ring (bicyclic) bond motifs is 1. The fourth-order valence-electron chi connectivity index (χ4n) is 2.43. The van der Waals surface area contributed by atoms with Crippen LogP contribution >= 0.6 is 23.2 Å². The van der Waals surface area contributed by atoms with E-state index in [4.69, 9.17) is 32.5 Å². The molecule has 8 heteroatoms. The Balaban J connectivity index is 1.67. The Labute approximate surface area is 147 Å². The van der Waals surface area contributed by atoms with Crippen LogP contribution in [0.3, 0.4) is 0 Å². The van der Waals surface area contributed by atoms with Gasteiger partial charge in [0.1, 0.15) is 5.76 Å². The van der Waals surface area contributed by atoms with E-state index in [1.165, 1.54) is 12.1 Å². The van der Waals surface area contributed by atoms with Crippen molar-refractivity contribution in [1.82, 2.24) is 5.32 Å². The normalized spacial score (nSPS) is 15.0. The van der Waals surface area contributed by atoms with Crippen LogP contribution in [0.15, 0.2) is 40.1 Å². The number of amides is 2. The second-order valence-electron chi connectivity index (χ2n) is 5.08. The van der Waals surface area contributed by atoms with Crippen LogP contribution in [0, 0.1) is 0 Å². The van der Waals surface area contributed by atoms with Gasteiger partial charge in [0.2, 0.25) is 0 Å². The van der Waals surface area contributed by atoms with Gasteiger partial charge in [0.05, 0.1) is 27.6 Å². The Bertz CT molecular complexity index is 809. The Morgan fingerprint density at radius 2 is 1.92 bits per heavy atom. The van der Waals surface area contributed by atoms with Crippen LogP contribution in [0.1, 0.15) is 34.5 Å². The van der Waals surface area contributed by atoms with E-state index in [9.17, 15) is 9.59 Å². The molecule has 2 amide bonds. The fourth-order valence-corrected chi connectivity index (χ4v) is 3.00. The van der Waals surface area contributed by atoms with Crippen molar-refractivity contribution in [3.63, 3.8) is 0 Å². The van der Waals surface area contributed by atoms with Crippen LogP contribution in [-0.4, -0.2) is 17.7 Å². The van der Waals surface area contributed by atoms with Crippen molar-refractivity contribution in [1.29, 1.82) is 0 Å². The third-order valence-corrected chi connectivity index (χ3v) is 4.15. The van der Waals surface area contributed by atoms with E-state index < -0.39 is 12.0 Å². The van der Waals surface area contributed by atoms with Gasteiger partial charge in [-0.1, -0.05) is 34.4 Å². The van der Waals surface area contributed by atoms with Gasteiger partial charge < -0.3 is 4.42 Å². The van der Waals surface area contributed by atoms with Crippen molar-refractivity contribution >= 4 is 40.9 Å². The highest BCUT2D eigenvalue weighted by molar-refractivity contribution is 6.40. The predicted molar refractivity (Wildman–Crippen MR) is 88.6 cm³/mol. The highest BCUT2D eigenvalue weighted by Crippen LogP contribution is 2.24. The quantitative estimate of drug-likeness (QED) is 0.637. The molecule has 3 rings (SSSR count). The van der Waals surface area contributed by atoms with Crippen molar-refractivity contribution in [2.24, 2.45) is 5.16 Å². The number of benzene rings is 1. The minimum absolute atomic E-state index is 0.000207. The molecule has 0 spiro atoms. The molecular formula is C16H12Cl2N2O4. The zero-order valence-electron chi connectivity index (χ0n) is 12.3. The Hall–Kier alpha value is -2.31. The van der Waals surface area contributed by atoms with Gasteiger partial charge in [-0.15, -0.1) is 0 Å². The van der Waals surface area contributed by atoms with Crippen LogP contribution in [-0.2, 0) is 11.3 Å². The third-order valence-electron chi connectivity index (χ3n) is 3.52. The molecule has 1 aliphatic carbocycles. The first-order chi connectivity index (χ1) is 11.6. The summed E-state index contributed by atoms with van der Waals surface area (Å²) < 4.78 is 5.32. The second kappa shape index (κ2) is 7.07. The molecule has 1 N–H and O–H groups in total. The van der Waals surface area contributed by atoms with Gasteiger partial charge in [-0.25, -0.2) is 4.79 Å². The molecule has 0 radical (unpaired) electrons. The maximum atomic E-state index is 12.1. The summed E-state index contributed by atoms with van der Waals surface area (Å²) in [6.07, 6.45) is 2.87. The molecule has 6 nitrogen and oxygen atoms in total. The lowest BCUT2D eigenvalue weighted by Crippen LogP contribution is -2.30. The highest BCUT2D eigenvalue weighted by Gasteiger charge is 2.21. The van der Waals surface area contributed by atoms with Crippen molar-refractivity contribution in [3.8, 4) is 0 Å². The number of aryl methyl sites for hydroxylation is 1. The Morgan fingerprint density at radius 1 is 1.17 bits per heavy atom. The van der Waals surface area contributed by atoms with Crippen molar-refractivity contribution < 1.29 is 18.8 Å². The number of hydrogen-bond donors (Lipinski definition) is 1. The molecule has 0 unspecified atom stereocenters. The van der Waals surface area contributed by atoms with Gasteiger partial charge in [0.15, 0.2) is 0 Å². The first-order valence-electron chi connectivity index (χ1n) is 7.16. The average Bonchev–Trinajstić information content (AvgIpc) is 3.01. The summed E-state index contributed by atoms with van der Waals surface area (Å²) in [5.74, 6) is 0.0476. The molecule has 24 heavy (non-hydrogen) atoms. The summed E-state index contributed by atoms with van der Waals surface area (Å²) in [6.45, 7) is 0. The lowest BCUT2D eigenvalue weighted by molar-refractivity contribution is 0.0923. The van der Waals surface area contributed by atoms with Crippen molar-refractivity contribution in [2.45, 2.75) is 19.3 Å². The van der Waals surface area contributed by atoms with E-state index in [0.717, 1.165) is 24.2 Å². The van der Waals surface area contributed by atoms with E-state index in [2.05, 4.69) is 5.16 Å². The molecule has 0 bridgehead atoms. The van der Waals surface area contributed by atoms with Gasteiger partial charge in [-0.05, 0) is 31.0 Å². The molecule has 0 fully saturated rings. The van der Waals surface area contributed by atoms with Crippen LogP contribution in [0.2, 0.25) is 10.0 Å². The first kappa shape index (κ1) is 16.5. The summed E-state index contributed by atoms with van der Waals surface area (Å²) in [6, 6.07) is 6.35. The second-order valence-corrected chi connectivity index (χ2v) is 5.89. The molecule has 0 atom stereocenters. The maximum Gasteiger partial charge on any atom is 0.440 e. The van der Waals surface area contributed by atoms with E-state index >= 15 is 0 Å². The average molecular weight is 367 g/mol. The summed E-state index contributed by atoms with van der Waals surface area (Å²) in [4.78, 5) is 28.6. The largest absolute Gasteiger partial charge is 0.469 e. The number of nitrogens with zero attached hydrogens (tertiary/aromatic N) is 1. The smallest absolute Gasteiger partial charge is 0.440 e. The van der Waals surface area contributed by atoms with Gasteiger partial charge in [-0.2, -0.15) is 0 Å². The summed E-state index contributed by atoms with van der Waals surface area (Å²) >= 11 is 11.8. The number of halogens is 2. The number of rotatable bonds is 2. The molecule has 2 aromatic rings. The van der Waals surface area contributed by atoms with Crippen LogP contribution < -0.4 is 5.32 Å². The molecule has 1 heterocycles. The summed E-state index contributed by atoms with van der Waals surface area (Å²) in [5.41, 5.74) is 1.41. The number of furan rings is 1. The molecular weight excluding hydrogens is 355 g/mol. The van der Waals surface area contributed by atoms with Crippen molar-refractivity contribution in [2.75, 3.05) is 0 Å². The Kier molecular flexibility index (Phi) is 4.87. The summed E-state index contributed by atoms with van der Waals surface area (Å²) in [5, 5.41) is 6.12. The molecule has 0 aliphatic heterocycles. The van der Waals surface area contributed by atoms with Crippen LogP contribution in [0.4, 0.5) is 4.79 Å². The zero-order chi connectivity index (χ0) is 17.1. The van der Waals surface area contributed by atoms with Gasteiger partial charge in [-0.3, -0.25) is 14.9 Å². The van der Waals surface area contributed by atoms with Gasteiger partial charge in [0, 0.05) is 12.0 Å². The standard InChI is InChI=1S/C16H12Cl2N2O4/c17-10-3-1-4-11(18)14(10)15(21)19-16(22)24-20-12-5-2-6-13-9(12)7-8-23-13/h1,3-4,7-8H,2,5-6H2,(H,19,21,22)/b20-12-. The number of oxime groups is 1. The van der Waals surface area contributed by atoms with E-state index in [0.29, 0.717) is 12.1 Å². The molecule has 1 aromatic carbocycles. The highest BCUT2D eigenvalue weighted by atomic mass is 35.5. The predicted octanol–water partition coefficient (Wildman–Crippen LogP) is 4.19. The molecule has 0 saturated carbocycles. The SMILES string of the molecule is O=C(NC(=O)c1c(Cl)cccc1Cl)O/N=C1/CCCc2occc21. The van der Waals surface area contributed by atoms with Gasteiger partial charge >= 0.3 is 6.09 Å². The molecule has 1 aromatic heterocycles. The molecule has 124 valence electrons. The number of hydrogen-bond acceptors (Lipinski definition) is 5. The lowest BCUT2D eigenvalue weighted by atomic mass is 9.97.